The van der Waals surface area contributed by atoms with Gasteiger partial charge in [0, 0.05) is 23.7 Å². The zero-order valence-corrected chi connectivity index (χ0v) is 16.6. The normalized spacial score (nSPS) is 10.9. The Morgan fingerprint density at radius 1 is 1.18 bits per heavy atom. The summed E-state index contributed by atoms with van der Waals surface area (Å²) in [4.78, 5) is 18.1. The fourth-order valence-electron chi connectivity index (χ4n) is 3.12. The van der Waals surface area contributed by atoms with Crippen LogP contribution in [0.3, 0.4) is 0 Å². The van der Waals surface area contributed by atoms with E-state index in [4.69, 9.17) is 4.74 Å². The highest BCUT2D eigenvalue weighted by Crippen LogP contribution is 2.24. The Kier molecular flexibility index (Phi) is 5.12. The van der Waals surface area contributed by atoms with Crippen molar-refractivity contribution in [3.05, 3.63) is 76.9 Å². The molecule has 1 amide bonds. The highest BCUT2D eigenvalue weighted by atomic mass is 32.1. The third-order valence-corrected chi connectivity index (χ3v) is 5.50. The molecule has 0 saturated carbocycles. The number of carbonyl (C=O) groups excluding carboxylic acids is 1. The van der Waals surface area contributed by atoms with Gasteiger partial charge in [0.15, 0.2) is 4.96 Å². The van der Waals surface area contributed by atoms with Crippen molar-refractivity contribution in [2.24, 2.45) is 0 Å². The zero-order chi connectivity index (χ0) is 19.5. The van der Waals surface area contributed by atoms with Gasteiger partial charge < -0.3 is 10.1 Å². The van der Waals surface area contributed by atoms with Gasteiger partial charge in [0.1, 0.15) is 11.4 Å². The molecular weight excluding hydrogens is 370 g/mol. The van der Waals surface area contributed by atoms with Gasteiger partial charge in [-0.1, -0.05) is 48.0 Å². The summed E-state index contributed by atoms with van der Waals surface area (Å²) in [6, 6.07) is 16.1. The van der Waals surface area contributed by atoms with Crippen molar-refractivity contribution >= 4 is 22.2 Å². The quantitative estimate of drug-likeness (QED) is 0.532. The third-order valence-electron chi connectivity index (χ3n) is 4.66. The van der Waals surface area contributed by atoms with Crippen LogP contribution in [0.2, 0.25) is 0 Å². The van der Waals surface area contributed by atoms with E-state index in [2.05, 4.69) is 41.5 Å². The van der Waals surface area contributed by atoms with Gasteiger partial charge in [-0.2, -0.15) is 0 Å². The predicted molar refractivity (Wildman–Crippen MR) is 112 cm³/mol. The van der Waals surface area contributed by atoms with E-state index >= 15 is 0 Å². The molecular formula is C22H21N3O2S. The average molecular weight is 391 g/mol. The molecule has 4 rings (SSSR count). The maximum Gasteiger partial charge on any atom is 0.269 e. The number of amides is 1. The van der Waals surface area contributed by atoms with E-state index in [1.165, 1.54) is 16.9 Å². The molecule has 0 fully saturated rings. The molecule has 0 radical (unpaired) electrons. The standard InChI is InChI=1S/C22H21N3O2S/c1-15-7-9-16(10-8-15)18-13-25-19(14-28-22(25)24-18)21(26)23-12-11-17-5-3-4-6-20(17)27-2/h3-10,13-14H,11-12H2,1-2H3,(H,23,26). The molecule has 2 heterocycles. The fraction of sp³-hybridized carbons (Fsp3) is 0.182. The number of nitrogens with zero attached hydrogens (tertiary/aromatic N) is 2. The number of para-hydroxylation sites is 1. The summed E-state index contributed by atoms with van der Waals surface area (Å²) in [6.45, 7) is 2.60. The largest absolute Gasteiger partial charge is 0.496 e. The molecule has 5 nitrogen and oxygen atoms in total. The molecule has 0 aliphatic rings. The number of nitrogens with one attached hydrogen (secondary N) is 1. The number of ether oxygens (including phenoxy) is 1. The van der Waals surface area contributed by atoms with Crippen LogP contribution in [0.25, 0.3) is 16.2 Å². The second kappa shape index (κ2) is 7.86. The monoisotopic (exact) mass is 391 g/mol. The molecule has 0 aliphatic heterocycles. The minimum Gasteiger partial charge on any atom is -0.496 e. The van der Waals surface area contributed by atoms with Crippen LogP contribution < -0.4 is 10.1 Å². The number of hydrogen-bond acceptors (Lipinski definition) is 4. The van der Waals surface area contributed by atoms with Gasteiger partial charge >= 0.3 is 0 Å². The lowest BCUT2D eigenvalue weighted by Crippen LogP contribution is -2.26. The number of imidazole rings is 1. The summed E-state index contributed by atoms with van der Waals surface area (Å²) < 4.78 is 7.22. The fourth-order valence-corrected chi connectivity index (χ4v) is 3.97. The molecule has 0 bridgehead atoms. The van der Waals surface area contributed by atoms with Crippen LogP contribution in [0.1, 0.15) is 21.6 Å². The van der Waals surface area contributed by atoms with Crippen LogP contribution in [0.5, 0.6) is 5.75 Å². The molecule has 0 aliphatic carbocycles. The van der Waals surface area contributed by atoms with Gasteiger partial charge in [-0.3, -0.25) is 9.20 Å². The van der Waals surface area contributed by atoms with Gasteiger partial charge in [0.05, 0.1) is 12.8 Å². The van der Waals surface area contributed by atoms with Crippen molar-refractivity contribution < 1.29 is 9.53 Å². The van der Waals surface area contributed by atoms with Gasteiger partial charge in [0.25, 0.3) is 5.91 Å². The van der Waals surface area contributed by atoms with Crippen LogP contribution in [-0.2, 0) is 6.42 Å². The summed E-state index contributed by atoms with van der Waals surface area (Å²) in [5, 5.41) is 4.84. The number of carbonyl (C=O) groups is 1. The van der Waals surface area contributed by atoms with Crippen LogP contribution >= 0.6 is 11.3 Å². The maximum absolute atomic E-state index is 12.7. The summed E-state index contributed by atoms with van der Waals surface area (Å²) >= 11 is 1.47. The van der Waals surface area contributed by atoms with E-state index in [0.29, 0.717) is 18.7 Å². The summed E-state index contributed by atoms with van der Waals surface area (Å²) in [6.07, 6.45) is 2.63. The Hall–Kier alpha value is -3.12. The first-order chi connectivity index (χ1) is 13.7. The molecule has 4 aromatic rings. The SMILES string of the molecule is COc1ccccc1CCNC(=O)c1csc2nc(-c3ccc(C)cc3)cn12. The molecule has 28 heavy (non-hydrogen) atoms. The van der Waals surface area contributed by atoms with Crippen LogP contribution in [0.15, 0.2) is 60.1 Å². The number of thiazole rings is 1. The predicted octanol–water partition coefficient (Wildman–Crippen LogP) is 4.35. The van der Waals surface area contributed by atoms with Crippen molar-refractivity contribution in [2.45, 2.75) is 13.3 Å². The second-order valence-corrected chi connectivity index (χ2v) is 7.42. The molecule has 0 atom stereocenters. The van der Waals surface area contributed by atoms with E-state index in [-0.39, 0.29) is 5.91 Å². The molecule has 0 spiro atoms. The first-order valence-corrected chi connectivity index (χ1v) is 9.97. The lowest BCUT2D eigenvalue weighted by molar-refractivity contribution is 0.0948. The van der Waals surface area contributed by atoms with Crippen molar-refractivity contribution in [2.75, 3.05) is 13.7 Å². The lowest BCUT2D eigenvalue weighted by atomic mass is 10.1. The first-order valence-electron chi connectivity index (χ1n) is 9.09. The Morgan fingerprint density at radius 3 is 2.75 bits per heavy atom. The number of aryl methyl sites for hydroxylation is 1. The minimum absolute atomic E-state index is 0.103. The van der Waals surface area contributed by atoms with Crippen LogP contribution in [-0.4, -0.2) is 28.9 Å². The smallest absolute Gasteiger partial charge is 0.269 e. The van der Waals surface area contributed by atoms with Crippen molar-refractivity contribution in [3.63, 3.8) is 0 Å². The molecule has 0 saturated heterocycles. The van der Waals surface area contributed by atoms with Gasteiger partial charge in [0.2, 0.25) is 0 Å². The van der Waals surface area contributed by atoms with Gasteiger partial charge in [-0.25, -0.2) is 4.98 Å². The highest BCUT2D eigenvalue weighted by molar-refractivity contribution is 7.15. The van der Waals surface area contributed by atoms with E-state index in [0.717, 1.165) is 27.5 Å². The Morgan fingerprint density at radius 2 is 1.96 bits per heavy atom. The van der Waals surface area contributed by atoms with Crippen LogP contribution in [0, 0.1) is 6.92 Å². The average Bonchev–Trinajstić information content (AvgIpc) is 3.29. The van der Waals surface area contributed by atoms with Gasteiger partial charge in [-0.15, -0.1) is 11.3 Å². The number of aromatic nitrogens is 2. The van der Waals surface area contributed by atoms with Crippen molar-refractivity contribution in [1.82, 2.24) is 14.7 Å². The van der Waals surface area contributed by atoms with Crippen molar-refractivity contribution in [1.29, 1.82) is 0 Å². The Labute approximate surface area is 167 Å². The number of methoxy groups -OCH3 is 1. The summed E-state index contributed by atoms with van der Waals surface area (Å²) in [5.41, 5.74) is 4.80. The third kappa shape index (κ3) is 3.64. The van der Waals surface area contributed by atoms with Gasteiger partial charge in [-0.05, 0) is 25.0 Å². The molecule has 2 aromatic heterocycles. The zero-order valence-electron chi connectivity index (χ0n) is 15.8. The number of rotatable bonds is 6. The van der Waals surface area contributed by atoms with Crippen LogP contribution in [0.4, 0.5) is 0 Å². The first kappa shape index (κ1) is 18.3. The molecule has 142 valence electrons. The molecule has 2 aromatic carbocycles. The Balaban J connectivity index is 1.47. The molecule has 0 unspecified atom stereocenters. The second-order valence-electron chi connectivity index (χ2n) is 6.58. The van der Waals surface area contributed by atoms with E-state index in [1.807, 2.05) is 40.2 Å². The number of hydrogen-bond donors (Lipinski definition) is 1. The summed E-state index contributed by atoms with van der Waals surface area (Å²) in [7, 11) is 1.66. The molecule has 1 N–H and O–H groups in total. The lowest BCUT2D eigenvalue weighted by Gasteiger charge is -2.08. The topological polar surface area (TPSA) is 55.6 Å². The Bertz CT molecular complexity index is 1110. The van der Waals surface area contributed by atoms with E-state index in [9.17, 15) is 4.79 Å². The molecule has 6 heteroatoms. The number of benzene rings is 2. The summed E-state index contributed by atoms with van der Waals surface area (Å²) in [5.74, 6) is 0.737. The van der Waals surface area contributed by atoms with Crippen molar-refractivity contribution in [3.8, 4) is 17.0 Å². The van der Waals surface area contributed by atoms with E-state index in [1.54, 1.807) is 7.11 Å². The highest BCUT2D eigenvalue weighted by Gasteiger charge is 2.15. The number of fused-ring (bicyclic) bond motifs is 1. The minimum atomic E-state index is -0.103. The maximum atomic E-state index is 12.7. The van der Waals surface area contributed by atoms with E-state index < -0.39 is 0 Å².